The van der Waals surface area contributed by atoms with Crippen molar-refractivity contribution in [3.05, 3.63) is 58.0 Å². The van der Waals surface area contributed by atoms with Crippen LogP contribution in [0.1, 0.15) is 16.1 Å². The normalized spacial score (nSPS) is 10.2. The van der Waals surface area contributed by atoms with E-state index in [0.717, 1.165) is 11.8 Å². The molecule has 0 aliphatic carbocycles. The molecule has 0 atom stereocenters. The van der Waals surface area contributed by atoms with Crippen molar-refractivity contribution in [2.24, 2.45) is 0 Å². The smallest absolute Gasteiger partial charge is 0.335 e. The molecule has 0 fully saturated rings. The monoisotopic (exact) mass is 276 g/mol. The number of carboxylic acid groups (broad SMARTS) is 1. The summed E-state index contributed by atoms with van der Waals surface area (Å²) in [6.45, 7) is 0.445. The van der Waals surface area contributed by atoms with Crippen molar-refractivity contribution in [1.29, 1.82) is 0 Å². The van der Waals surface area contributed by atoms with Gasteiger partial charge in [-0.15, -0.1) is 0 Å². The molecule has 104 valence electrons. The summed E-state index contributed by atoms with van der Waals surface area (Å²) in [4.78, 5) is 21.1. The van der Waals surface area contributed by atoms with E-state index in [2.05, 4.69) is 5.32 Å². The molecule has 2 N–H and O–H groups in total. The zero-order valence-electron chi connectivity index (χ0n) is 10.4. The van der Waals surface area contributed by atoms with Crippen molar-refractivity contribution in [2.45, 2.75) is 6.42 Å². The Morgan fingerprint density at radius 2 is 2.20 bits per heavy atom. The molecule has 20 heavy (non-hydrogen) atoms. The Bertz CT molecular complexity index is 622. The van der Waals surface area contributed by atoms with Gasteiger partial charge >= 0.3 is 5.97 Å². The van der Waals surface area contributed by atoms with Crippen LogP contribution in [0, 0.1) is 10.1 Å². The molecule has 2 rings (SSSR count). The molecule has 1 aromatic heterocycles. The van der Waals surface area contributed by atoms with Gasteiger partial charge in [-0.1, -0.05) is 0 Å². The highest BCUT2D eigenvalue weighted by molar-refractivity contribution is 5.89. The molecular weight excluding hydrogens is 264 g/mol. The molecule has 7 heteroatoms. The highest BCUT2D eigenvalue weighted by Crippen LogP contribution is 2.25. The lowest BCUT2D eigenvalue weighted by atomic mass is 10.1. The number of furan rings is 1. The van der Waals surface area contributed by atoms with Crippen LogP contribution in [0.5, 0.6) is 0 Å². The van der Waals surface area contributed by atoms with E-state index >= 15 is 0 Å². The van der Waals surface area contributed by atoms with Gasteiger partial charge in [0.2, 0.25) is 0 Å². The third-order valence-electron chi connectivity index (χ3n) is 2.71. The molecule has 2 aromatic rings. The number of hydrogen-bond acceptors (Lipinski definition) is 5. The minimum absolute atomic E-state index is 0.117. The summed E-state index contributed by atoms with van der Waals surface area (Å²) in [5, 5.41) is 22.7. The van der Waals surface area contributed by atoms with E-state index in [-0.39, 0.29) is 16.9 Å². The molecule has 0 bridgehead atoms. The maximum Gasteiger partial charge on any atom is 0.335 e. The molecule has 7 nitrogen and oxygen atoms in total. The summed E-state index contributed by atoms with van der Waals surface area (Å²) in [6, 6.07) is 7.33. The number of nitrogens with one attached hydrogen (secondary N) is 1. The Morgan fingerprint density at radius 1 is 1.40 bits per heavy atom. The lowest BCUT2D eigenvalue weighted by Crippen LogP contribution is -2.07. The van der Waals surface area contributed by atoms with Crippen LogP contribution in [-0.4, -0.2) is 22.5 Å². The Hall–Kier alpha value is -2.83. The first-order chi connectivity index (χ1) is 9.58. The topological polar surface area (TPSA) is 106 Å². The predicted molar refractivity (Wildman–Crippen MR) is 71.0 cm³/mol. The Balaban J connectivity index is 2.10. The molecular formula is C13H12N2O5. The summed E-state index contributed by atoms with van der Waals surface area (Å²) in [6.07, 6.45) is 2.13. The van der Waals surface area contributed by atoms with E-state index in [9.17, 15) is 14.9 Å². The van der Waals surface area contributed by atoms with Gasteiger partial charge in [0.1, 0.15) is 11.4 Å². The number of anilines is 1. The van der Waals surface area contributed by atoms with Crippen molar-refractivity contribution < 1.29 is 19.2 Å². The summed E-state index contributed by atoms with van der Waals surface area (Å²) in [7, 11) is 0. The van der Waals surface area contributed by atoms with Gasteiger partial charge < -0.3 is 14.8 Å². The SMILES string of the molecule is O=C(O)c1ccc(NCCc2ccco2)c([N+](=O)[O-])c1. The molecule has 0 saturated heterocycles. The number of hydrogen-bond donors (Lipinski definition) is 2. The summed E-state index contributed by atoms with van der Waals surface area (Å²) in [5.74, 6) is -0.433. The number of nitro groups is 1. The second-order valence-electron chi connectivity index (χ2n) is 4.05. The van der Waals surface area contributed by atoms with Crippen LogP contribution < -0.4 is 5.32 Å². The van der Waals surface area contributed by atoms with Crippen molar-refractivity contribution in [3.63, 3.8) is 0 Å². The summed E-state index contributed by atoms with van der Waals surface area (Å²) >= 11 is 0. The quantitative estimate of drug-likeness (QED) is 0.620. The fourth-order valence-electron chi connectivity index (χ4n) is 1.74. The van der Waals surface area contributed by atoms with Gasteiger partial charge in [-0.25, -0.2) is 4.79 Å². The minimum Gasteiger partial charge on any atom is -0.478 e. The second-order valence-corrected chi connectivity index (χ2v) is 4.05. The van der Waals surface area contributed by atoms with Gasteiger partial charge in [-0.2, -0.15) is 0 Å². The van der Waals surface area contributed by atoms with Gasteiger partial charge in [0.25, 0.3) is 5.69 Å². The van der Waals surface area contributed by atoms with Gasteiger partial charge in [-0.3, -0.25) is 10.1 Å². The maximum absolute atomic E-state index is 10.9. The zero-order chi connectivity index (χ0) is 14.5. The fraction of sp³-hybridized carbons (Fsp3) is 0.154. The molecule has 0 aliphatic rings. The molecule has 1 heterocycles. The van der Waals surface area contributed by atoms with Crippen LogP contribution in [0.15, 0.2) is 41.0 Å². The van der Waals surface area contributed by atoms with Crippen LogP contribution in [0.2, 0.25) is 0 Å². The molecule has 0 amide bonds. The molecule has 0 saturated carbocycles. The lowest BCUT2D eigenvalue weighted by Gasteiger charge is -2.06. The van der Waals surface area contributed by atoms with Crippen LogP contribution in [0.4, 0.5) is 11.4 Å². The van der Waals surface area contributed by atoms with E-state index in [4.69, 9.17) is 9.52 Å². The Labute approximate surface area is 114 Å². The minimum atomic E-state index is -1.20. The highest BCUT2D eigenvalue weighted by Gasteiger charge is 2.16. The molecule has 0 spiro atoms. The number of nitro benzene ring substituents is 1. The van der Waals surface area contributed by atoms with E-state index in [0.29, 0.717) is 13.0 Å². The van der Waals surface area contributed by atoms with Gasteiger partial charge in [0.15, 0.2) is 0 Å². The van der Waals surface area contributed by atoms with Crippen LogP contribution >= 0.6 is 0 Å². The van der Waals surface area contributed by atoms with E-state index in [1.54, 1.807) is 12.3 Å². The van der Waals surface area contributed by atoms with E-state index in [1.165, 1.54) is 12.1 Å². The maximum atomic E-state index is 10.9. The average molecular weight is 276 g/mol. The van der Waals surface area contributed by atoms with Crippen LogP contribution in [0.25, 0.3) is 0 Å². The van der Waals surface area contributed by atoms with E-state index in [1.807, 2.05) is 6.07 Å². The third-order valence-corrected chi connectivity index (χ3v) is 2.71. The third kappa shape index (κ3) is 3.14. The molecule has 0 radical (unpaired) electrons. The summed E-state index contributed by atoms with van der Waals surface area (Å²) < 4.78 is 5.15. The van der Waals surface area contributed by atoms with Gasteiger partial charge in [-0.05, 0) is 24.3 Å². The van der Waals surface area contributed by atoms with Crippen molar-refractivity contribution in [1.82, 2.24) is 0 Å². The highest BCUT2D eigenvalue weighted by atomic mass is 16.6. The first-order valence-corrected chi connectivity index (χ1v) is 5.86. The van der Waals surface area contributed by atoms with Crippen molar-refractivity contribution in [3.8, 4) is 0 Å². The first kappa shape index (κ1) is 13.6. The lowest BCUT2D eigenvalue weighted by molar-refractivity contribution is -0.384. The molecule has 0 aliphatic heterocycles. The van der Waals surface area contributed by atoms with Crippen molar-refractivity contribution >= 4 is 17.3 Å². The van der Waals surface area contributed by atoms with Gasteiger partial charge in [0.05, 0.1) is 16.7 Å². The van der Waals surface area contributed by atoms with E-state index < -0.39 is 10.9 Å². The number of benzene rings is 1. The second kappa shape index (κ2) is 5.87. The van der Waals surface area contributed by atoms with Crippen LogP contribution in [0.3, 0.4) is 0 Å². The first-order valence-electron chi connectivity index (χ1n) is 5.86. The molecule has 0 unspecified atom stereocenters. The number of aromatic carboxylic acids is 1. The zero-order valence-corrected chi connectivity index (χ0v) is 10.4. The molecule has 1 aromatic carbocycles. The number of carboxylic acids is 1. The number of carbonyl (C=O) groups is 1. The fourth-order valence-corrected chi connectivity index (χ4v) is 1.74. The summed E-state index contributed by atoms with van der Waals surface area (Å²) in [5.41, 5.74) is -0.0933. The Kier molecular flexibility index (Phi) is 3.99. The van der Waals surface area contributed by atoms with Gasteiger partial charge in [0, 0.05) is 19.0 Å². The number of nitrogens with zero attached hydrogens (tertiary/aromatic N) is 1. The average Bonchev–Trinajstić information content (AvgIpc) is 2.91. The largest absolute Gasteiger partial charge is 0.478 e. The van der Waals surface area contributed by atoms with Crippen molar-refractivity contribution in [2.75, 3.05) is 11.9 Å². The van der Waals surface area contributed by atoms with Crippen LogP contribution in [-0.2, 0) is 6.42 Å². The predicted octanol–water partition coefficient (Wildman–Crippen LogP) is 2.54. The number of rotatable bonds is 6. The Morgan fingerprint density at radius 3 is 2.80 bits per heavy atom. The standard InChI is InChI=1S/C13H12N2O5/c16-13(17)9-3-4-11(12(8-9)15(18)19)14-6-5-10-2-1-7-20-10/h1-4,7-8,14H,5-6H2,(H,16,17).